The molecule has 0 aliphatic carbocycles. The molecule has 2 heterocycles. The van der Waals surface area contributed by atoms with Gasteiger partial charge in [0.1, 0.15) is 5.04 Å². The highest BCUT2D eigenvalue weighted by Gasteiger charge is 2.37. The number of hydrazone groups is 1. The molecule has 1 aromatic carbocycles. The first-order valence-electron chi connectivity index (χ1n) is 8.74. The number of carbonyl (C=O) groups is 1. The van der Waals surface area contributed by atoms with E-state index >= 15 is 0 Å². The van der Waals surface area contributed by atoms with E-state index < -0.39 is 5.91 Å². The third-order valence-electron chi connectivity index (χ3n) is 4.52. The molecule has 8 heteroatoms. The number of nitrogens with one attached hydrogen (secondary N) is 1. The Labute approximate surface area is 162 Å². The van der Waals surface area contributed by atoms with Crippen LogP contribution in [0.15, 0.2) is 33.9 Å². The van der Waals surface area contributed by atoms with Crippen LogP contribution in [0.3, 0.4) is 0 Å². The van der Waals surface area contributed by atoms with E-state index in [2.05, 4.69) is 23.9 Å². The smallest absolute Gasteiger partial charge is 0.283 e. The molecule has 3 rings (SSSR count). The number of amidine groups is 2. The van der Waals surface area contributed by atoms with Crippen LogP contribution in [-0.4, -0.2) is 41.2 Å². The molecule has 0 bridgehead atoms. The fourth-order valence-corrected chi connectivity index (χ4v) is 4.08. The second-order valence-electron chi connectivity index (χ2n) is 6.09. The summed E-state index contributed by atoms with van der Waals surface area (Å²) in [6, 6.07) is 5.31. The van der Waals surface area contributed by atoms with E-state index in [1.807, 2.05) is 0 Å². The van der Waals surface area contributed by atoms with Crippen LogP contribution in [-0.2, 0) is 4.79 Å². The number of ether oxygens (including phenoxy) is 2. The number of fused-ring (bicyclic) bond motifs is 1. The number of thioether (sulfide) groups is 1. The van der Waals surface area contributed by atoms with Crippen molar-refractivity contribution in [1.82, 2.24) is 5.01 Å². The Balaban J connectivity index is 1.94. The number of rotatable bonds is 6. The molecule has 7 nitrogen and oxygen atoms in total. The van der Waals surface area contributed by atoms with Crippen molar-refractivity contribution in [3.63, 3.8) is 0 Å². The highest BCUT2D eigenvalue weighted by molar-refractivity contribution is 8.27. The number of aliphatic imine (C=N–C) groups is 1. The fourth-order valence-electron chi connectivity index (χ4n) is 2.92. The average molecular weight is 386 g/mol. The van der Waals surface area contributed by atoms with Crippen molar-refractivity contribution < 1.29 is 14.3 Å². The van der Waals surface area contributed by atoms with Gasteiger partial charge in [-0.15, -0.1) is 0 Å². The van der Waals surface area contributed by atoms with E-state index in [-0.39, 0.29) is 11.4 Å². The third-order valence-corrected chi connectivity index (χ3v) is 5.59. The molecule has 27 heavy (non-hydrogen) atoms. The Morgan fingerprint density at radius 3 is 2.56 bits per heavy atom. The maximum absolute atomic E-state index is 12.5. The van der Waals surface area contributed by atoms with Crippen LogP contribution in [0.2, 0.25) is 0 Å². The summed E-state index contributed by atoms with van der Waals surface area (Å²) in [6.07, 6.45) is 3.54. The van der Waals surface area contributed by atoms with Gasteiger partial charge in [0.15, 0.2) is 17.3 Å². The van der Waals surface area contributed by atoms with Crippen molar-refractivity contribution >= 4 is 39.8 Å². The summed E-state index contributed by atoms with van der Waals surface area (Å²) in [4.78, 5) is 16.6. The molecule has 142 valence electrons. The summed E-state index contributed by atoms with van der Waals surface area (Å²) < 4.78 is 10.5. The number of hydrogen-bond donors (Lipinski definition) is 1. The zero-order chi connectivity index (χ0) is 19.6. The Morgan fingerprint density at radius 1 is 1.22 bits per heavy atom. The van der Waals surface area contributed by atoms with Gasteiger partial charge in [-0.05, 0) is 48.4 Å². The van der Waals surface area contributed by atoms with Crippen molar-refractivity contribution in [2.24, 2.45) is 16.0 Å². The number of methoxy groups -OCH3 is 2. The maximum Gasteiger partial charge on any atom is 0.283 e. The van der Waals surface area contributed by atoms with Gasteiger partial charge in [0.2, 0.25) is 5.17 Å². The van der Waals surface area contributed by atoms with Gasteiger partial charge in [-0.3, -0.25) is 10.2 Å². The first-order chi connectivity index (χ1) is 13.0. The van der Waals surface area contributed by atoms with E-state index in [9.17, 15) is 4.79 Å². The van der Waals surface area contributed by atoms with Crippen molar-refractivity contribution in [1.29, 1.82) is 5.41 Å². The number of nitrogens with zero attached hydrogens (tertiary/aromatic N) is 3. The third kappa shape index (κ3) is 3.62. The molecule has 1 aromatic rings. The molecular formula is C19H22N4O3S. The van der Waals surface area contributed by atoms with E-state index in [0.29, 0.717) is 22.6 Å². The highest BCUT2D eigenvalue weighted by atomic mass is 32.2. The molecule has 0 fully saturated rings. The molecule has 0 radical (unpaired) electrons. The van der Waals surface area contributed by atoms with E-state index in [1.165, 1.54) is 16.8 Å². The average Bonchev–Trinajstić information content (AvgIpc) is 3.09. The second kappa shape index (κ2) is 7.96. The van der Waals surface area contributed by atoms with E-state index in [1.54, 1.807) is 38.5 Å². The van der Waals surface area contributed by atoms with Crippen LogP contribution in [0.5, 0.6) is 11.5 Å². The molecule has 2 aliphatic heterocycles. The largest absolute Gasteiger partial charge is 0.493 e. The zero-order valence-corrected chi connectivity index (χ0v) is 16.6. The Hall–Kier alpha value is -2.61. The lowest BCUT2D eigenvalue weighted by Gasteiger charge is -2.20. The van der Waals surface area contributed by atoms with Gasteiger partial charge < -0.3 is 9.47 Å². The lowest BCUT2D eigenvalue weighted by molar-refractivity contribution is -0.114. The molecular weight excluding hydrogens is 364 g/mol. The zero-order valence-electron chi connectivity index (χ0n) is 15.8. The first kappa shape index (κ1) is 19.2. The first-order valence-corrected chi connectivity index (χ1v) is 9.56. The maximum atomic E-state index is 12.5. The Kier molecular flexibility index (Phi) is 5.65. The lowest BCUT2D eigenvalue weighted by Crippen LogP contribution is -2.35. The summed E-state index contributed by atoms with van der Waals surface area (Å²) in [5.74, 6) is 1.06. The van der Waals surface area contributed by atoms with Crippen LogP contribution in [0.4, 0.5) is 0 Å². The van der Waals surface area contributed by atoms with Crippen molar-refractivity contribution in [2.45, 2.75) is 26.7 Å². The van der Waals surface area contributed by atoms with E-state index in [0.717, 1.165) is 23.4 Å². The van der Waals surface area contributed by atoms with Crippen LogP contribution in [0, 0.1) is 11.3 Å². The van der Waals surface area contributed by atoms with Crippen LogP contribution in [0.1, 0.15) is 32.3 Å². The molecule has 0 aromatic heterocycles. The minimum atomic E-state index is -0.436. The summed E-state index contributed by atoms with van der Waals surface area (Å²) >= 11 is 1.38. The van der Waals surface area contributed by atoms with Gasteiger partial charge in [-0.1, -0.05) is 19.9 Å². The molecule has 0 saturated heterocycles. The summed E-state index contributed by atoms with van der Waals surface area (Å²) in [7, 11) is 3.11. The van der Waals surface area contributed by atoms with E-state index in [4.69, 9.17) is 14.9 Å². The Morgan fingerprint density at radius 2 is 1.93 bits per heavy atom. The lowest BCUT2D eigenvalue weighted by atomic mass is 10.1. The predicted octanol–water partition coefficient (Wildman–Crippen LogP) is 3.76. The standard InChI is InChI=1S/C19H22N4O3S/c1-5-12(6-2)18-22-23-16(20)13(17(24)21-19(23)27-18)9-11-7-8-14(25-3)15(10-11)26-4/h7-10,12,20H,5-6H2,1-4H3. The fraction of sp³-hybridized carbons (Fsp3) is 0.368. The van der Waals surface area contributed by atoms with Crippen molar-refractivity contribution in [3.05, 3.63) is 29.3 Å². The molecule has 0 saturated carbocycles. The minimum absolute atomic E-state index is 0.0354. The molecule has 1 N–H and O–H groups in total. The van der Waals surface area contributed by atoms with Crippen LogP contribution in [0.25, 0.3) is 6.08 Å². The molecule has 0 spiro atoms. The van der Waals surface area contributed by atoms with Crippen molar-refractivity contribution in [3.8, 4) is 11.5 Å². The van der Waals surface area contributed by atoms with Crippen molar-refractivity contribution in [2.75, 3.05) is 14.2 Å². The number of amides is 1. The monoisotopic (exact) mass is 386 g/mol. The number of carbonyl (C=O) groups excluding carboxylic acids is 1. The van der Waals surface area contributed by atoms with Gasteiger partial charge >= 0.3 is 0 Å². The van der Waals surface area contributed by atoms with Gasteiger partial charge in [-0.25, -0.2) is 0 Å². The van der Waals surface area contributed by atoms with Crippen LogP contribution < -0.4 is 9.47 Å². The number of hydrogen-bond acceptors (Lipinski definition) is 6. The molecule has 2 aliphatic rings. The van der Waals surface area contributed by atoms with Gasteiger partial charge in [-0.2, -0.15) is 15.1 Å². The Bertz CT molecular complexity index is 872. The quantitative estimate of drug-likeness (QED) is 0.752. The molecule has 0 atom stereocenters. The summed E-state index contributed by atoms with van der Waals surface area (Å²) in [6.45, 7) is 4.21. The number of benzene rings is 1. The predicted molar refractivity (Wildman–Crippen MR) is 109 cm³/mol. The molecule has 0 unspecified atom stereocenters. The van der Waals surface area contributed by atoms with Gasteiger partial charge in [0, 0.05) is 5.92 Å². The topological polar surface area (TPSA) is 87.3 Å². The summed E-state index contributed by atoms with van der Waals surface area (Å²) in [5.41, 5.74) is 0.913. The normalized spacial score (nSPS) is 18.0. The second-order valence-corrected chi connectivity index (χ2v) is 7.07. The minimum Gasteiger partial charge on any atom is -0.493 e. The molecule has 1 amide bonds. The van der Waals surface area contributed by atoms with Gasteiger partial charge in [0.05, 0.1) is 19.8 Å². The SMILES string of the molecule is CCC(CC)C1=NN2C(=N)C(=Cc3ccc(OC)c(OC)c3)C(=O)N=C2S1. The highest BCUT2D eigenvalue weighted by Crippen LogP contribution is 2.33. The van der Waals surface area contributed by atoms with Crippen LogP contribution >= 0.6 is 11.8 Å². The van der Waals surface area contributed by atoms with Gasteiger partial charge in [0.25, 0.3) is 5.91 Å². The summed E-state index contributed by atoms with van der Waals surface area (Å²) in [5, 5.41) is 15.8.